The van der Waals surface area contributed by atoms with Crippen molar-refractivity contribution in [1.29, 1.82) is 0 Å². The first-order chi connectivity index (χ1) is 12.7. The highest BCUT2D eigenvalue weighted by molar-refractivity contribution is 5.90. The molecule has 136 valence electrons. The van der Waals surface area contributed by atoms with Gasteiger partial charge in [0.15, 0.2) is 0 Å². The lowest BCUT2D eigenvalue weighted by Gasteiger charge is -2.55. The van der Waals surface area contributed by atoms with E-state index >= 15 is 0 Å². The molecule has 1 aromatic carbocycles. The van der Waals surface area contributed by atoms with Crippen molar-refractivity contribution in [3.63, 3.8) is 0 Å². The summed E-state index contributed by atoms with van der Waals surface area (Å²) in [6.07, 6.45) is 6.18. The second-order valence-electron chi connectivity index (χ2n) is 7.53. The zero-order valence-corrected chi connectivity index (χ0v) is 15.0. The Labute approximate surface area is 154 Å². The van der Waals surface area contributed by atoms with Crippen LogP contribution in [0.15, 0.2) is 48.8 Å². The SMILES string of the molecule is O=C(CCCCN1CC2(COC2)C1)Nc1ccc(-c2cccnc2)cc1. The molecule has 26 heavy (non-hydrogen) atoms. The quantitative estimate of drug-likeness (QED) is 0.779. The van der Waals surface area contributed by atoms with Crippen LogP contribution in [0.5, 0.6) is 0 Å². The van der Waals surface area contributed by atoms with E-state index in [9.17, 15) is 4.79 Å². The van der Waals surface area contributed by atoms with Gasteiger partial charge in [0.05, 0.1) is 13.2 Å². The highest BCUT2D eigenvalue weighted by atomic mass is 16.5. The minimum Gasteiger partial charge on any atom is -0.380 e. The molecular formula is C21H25N3O2. The fourth-order valence-corrected chi connectivity index (χ4v) is 3.76. The fourth-order valence-electron chi connectivity index (χ4n) is 3.76. The van der Waals surface area contributed by atoms with Crippen LogP contribution in [0.4, 0.5) is 5.69 Å². The number of aromatic nitrogens is 1. The number of likely N-dealkylation sites (tertiary alicyclic amines) is 1. The van der Waals surface area contributed by atoms with Gasteiger partial charge in [0.2, 0.25) is 5.91 Å². The number of carbonyl (C=O) groups excluding carboxylic acids is 1. The maximum absolute atomic E-state index is 12.1. The van der Waals surface area contributed by atoms with E-state index in [2.05, 4.69) is 15.2 Å². The summed E-state index contributed by atoms with van der Waals surface area (Å²) in [6.45, 7) is 5.30. The molecule has 1 amide bonds. The highest BCUT2D eigenvalue weighted by Gasteiger charge is 2.48. The Balaban J connectivity index is 1.15. The highest BCUT2D eigenvalue weighted by Crippen LogP contribution is 2.37. The van der Waals surface area contributed by atoms with Crippen LogP contribution in [-0.2, 0) is 9.53 Å². The number of pyridine rings is 1. The maximum atomic E-state index is 12.1. The predicted molar refractivity (Wildman–Crippen MR) is 102 cm³/mol. The number of anilines is 1. The fraction of sp³-hybridized carbons (Fsp3) is 0.429. The third-order valence-corrected chi connectivity index (χ3v) is 5.23. The molecule has 1 N–H and O–H groups in total. The Hall–Kier alpha value is -2.24. The molecule has 2 aliphatic heterocycles. The number of unbranched alkanes of at least 4 members (excludes halogenated alkanes) is 1. The molecular weight excluding hydrogens is 326 g/mol. The summed E-state index contributed by atoms with van der Waals surface area (Å²) in [5.74, 6) is 0.0894. The maximum Gasteiger partial charge on any atom is 0.224 e. The van der Waals surface area contributed by atoms with E-state index in [0.717, 1.165) is 49.4 Å². The van der Waals surface area contributed by atoms with Gasteiger partial charge in [-0.3, -0.25) is 9.78 Å². The Kier molecular flexibility index (Phi) is 5.00. The smallest absolute Gasteiger partial charge is 0.224 e. The van der Waals surface area contributed by atoms with Gasteiger partial charge < -0.3 is 15.0 Å². The van der Waals surface area contributed by atoms with Gasteiger partial charge in [-0.1, -0.05) is 18.2 Å². The summed E-state index contributed by atoms with van der Waals surface area (Å²) in [7, 11) is 0. The minimum absolute atomic E-state index is 0.0894. The van der Waals surface area contributed by atoms with Crippen LogP contribution >= 0.6 is 0 Å². The van der Waals surface area contributed by atoms with E-state index in [4.69, 9.17) is 4.74 Å². The van der Waals surface area contributed by atoms with Crippen LogP contribution in [0.25, 0.3) is 11.1 Å². The molecule has 0 radical (unpaired) electrons. The number of hydrogen-bond donors (Lipinski definition) is 1. The number of nitrogens with zero attached hydrogens (tertiary/aromatic N) is 2. The number of nitrogens with one attached hydrogen (secondary N) is 1. The Morgan fingerprint density at radius 3 is 2.58 bits per heavy atom. The number of ether oxygens (including phenoxy) is 1. The Morgan fingerprint density at radius 2 is 1.92 bits per heavy atom. The van der Waals surface area contributed by atoms with E-state index in [1.165, 1.54) is 13.1 Å². The van der Waals surface area contributed by atoms with E-state index < -0.39 is 0 Å². The molecule has 0 aliphatic carbocycles. The first-order valence-electron chi connectivity index (χ1n) is 9.33. The molecule has 2 aliphatic rings. The predicted octanol–water partition coefficient (Wildman–Crippen LogP) is 3.19. The van der Waals surface area contributed by atoms with Crippen molar-refractivity contribution in [1.82, 2.24) is 9.88 Å². The molecule has 1 spiro atoms. The molecule has 5 heteroatoms. The monoisotopic (exact) mass is 351 g/mol. The molecule has 0 saturated carbocycles. The van der Waals surface area contributed by atoms with Crippen molar-refractivity contribution >= 4 is 11.6 Å². The topological polar surface area (TPSA) is 54.5 Å². The molecule has 2 fully saturated rings. The normalized spacial score (nSPS) is 18.2. The van der Waals surface area contributed by atoms with Crippen molar-refractivity contribution in [2.45, 2.75) is 19.3 Å². The van der Waals surface area contributed by atoms with Crippen molar-refractivity contribution in [2.75, 3.05) is 38.2 Å². The largest absolute Gasteiger partial charge is 0.380 e. The van der Waals surface area contributed by atoms with Gasteiger partial charge in [0, 0.05) is 43.0 Å². The standard InChI is InChI=1S/C21H25N3O2/c25-20(5-1-2-11-24-13-21(14-24)15-26-16-21)23-19-8-6-17(7-9-19)18-4-3-10-22-12-18/h3-4,6-10,12H,1-2,5,11,13-16H2,(H,23,25). The summed E-state index contributed by atoms with van der Waals surface area (Å²) in [4.78, 5) is 18.7. The van der Waals surface area contributed by atoms with E-state index in [-0.39, 0.29) is 5.91 Å². The zero-order valence-electron chi connectivity index (χ0n) is 15.0. The molecule has 4 rings (SSSR count). The van der Waals surface area contributed by atoms with Gasteiger partial charge in [0.25, 0.3) is 0 Å². The Morgan fingerprint density at radius 1 is 1.12 bits per heavy atom. The van der Waals surface area contributed by atoms with Gasteiger partial charge in [-0.25, -0.2) is 0 Å². The van der Waals surface area contributed by atoms with Crippen molar-refractivity contribution in [3.05, 3.63) is 48.8 Å². The molecule has 2 aromatic rings. The van der Waals surface area contributed by atoms with Crippen LogP contribution in [0.2, 0.25) is 0 Å². The average molecular weight is 351 g/mol. The first-order valence-corrected chi connectivity index (χ1v) is 9.33. The Bertz CT molecular complexity index is 734. The summed E-state index contributed by atoms with van der Waals surface area (Å²) in [5, 5.41) is 2.98. The van der Waals surface area contributed by atoms with Crippen molar-refractivity contribution < 1.29 is 9.53 Å². The third-order valence-electron chi connectivity index (χ3n) is 5.23. The molecule has 2 saturated heterocycles. The molecule has 5 nitrogen and oxygen atoms in total. The van der Waals surface area contributed by atoms with E-state index in [1.807, 2.05) is 42.6 Å². The number of hydrogen-bond acceptors (Lipinski definition) is 4. The molecule has 0 unspecified atom stereocenters. The van der Waals surface area contributed by atoms with Gasteiger partial charge in [-0.15, -0.1) is 0 Å². The zero-order chi connectivity index (χ0) is 17.8. The van der Waals surface area contributed by atoms with Crippen molar-refractivity contribution in [2.24, 2.45) is 5.41 Å². The summed E-state index contributed by atoms with van der Waals surface area (Å²) in [6, 6.07) is 11.9. The third kappa shape index (κ3) is 3.94. The van der Waals surface area contributed by atoms with Gasteiger partial charge in [0.1, 0.15) is 0 Å². The molecule has 1 aromatic heterocycles. The summed E-state index contributed by atoms with van der Waals surface area (Å²) in [5.41, 5.74) is 3.50. The first kappa shape index (κ1) is 17.2. The second kappa shape index (κ2) is 7.56. The lowest BCUT2D eigenvalue weighted by atomic mass is 9.78. The van der Waals surface area contributed by atoms with Gasteiger partial charge >= 0.3 is 0 Å². The van der Waals surface area contributed by atoms with Crippen LogP contribution in [0, 0.1) is 5.41 Å². The molecule has 0 atom stereocenters. The average Bonchev–Trinajstić information content (AvgIpc) is 2.60. The number of amides is 1. The van der Waals surface area contributed by atoms with Gasteiger partial charge in [-0.05, 0) is 48.7 Å². The van der Waals surface area contributed by atoms with Crippen molar-refractivity contribution in [3.8, 4) is 11.1 Å². The van der Waals surface area contributed by atoms with Crippen LogP contribution in [-0.4, -0.2) is 48.6 Å². The van der Waals surface area contributed by atoms with Crippen LogP contribution in [0.1, 0.15) is 19.3 Å². The molecule has 0 bridgehead atoms. The second-order valence-corrected chi connectivity index (χ2v) is 7.53. The van der Waals surface area contributed by atoms with E-state index in [0.29, 0.717) is 11.8 Å². The molecule has 3 heterocycles. The number of carbonyl (C=O) groups is 1. The lowest BCUT2D eigenvalue weighted by Crippen LogP contribution is -2.65. The summed E-state index contributed by atoms with van der Waals surface area (Å²) < 4.78 is 5.29. The minimum atomic E-state index is 0.0894. The lowest BCUT2D eigenvalue weighted by molar-refractivity contribution is -0.188. The number of benzene rings is 1. The summed E-state index contributed by atoms with van der Waals surface area (Å²) >= 11 is 0. The van der Waals surface area contributed by atoms with Crippen LogP contribution < -0.4 is 5.32 Å². The van der Waals surface area contributed by atoms with E-state index in [1.54, 1.807) is 6.20 Å². The number of rotatable bonds is 7. The van der Waals surface area contributed by atoms with Gasteiger partial charge in [-0.2, -0.15) is 0 Å². The van der Waals surface area contributed by atoms with Crippen LogP contribution in [0.3, 0.4) is 0 Å².